The van der Waals surface area contributed by atoms with Crippen LogP contribution in [0, 0.1) is 0 Å². The molecular weight excluding hydrogens is 408 g/mol. The molecule has 0 aromatic carbocycles. The molecule has 2 N–H and O–H groups in total. The molecule has 7 nitrogen and oxygen atoms in total. The van der Waals surface area contributed by atoms with Gasteiger partial charge in [-0.2, -0.15) is 0 Å². The first-order valence-electron chi connectivity index (χ1n) is 10.3. The van der Waals surface area contributed by atoms with E-state index >= 15 is 0 Å². The summed E-state index contributed by atoms with van der Waals surface area (Å²) in [5.74, 6) is 0. The fourth-order valence-electron chi connectivity index (χ4n) is 2.20. The normalized spacial score (nSPS) is 15.0. The molecule has 0 aliphatic rings. The van der Waals surface area contributed by atoms with Gasteiger partial charge < -0.3 is 24.0 Å². The SMILES string of the molecule is CCOC(OCC)[C@H](O[Si](C)(C)C(C)(C)C)[C@@H](C)NC(=S)NC(=O)OC(C)(C)C. The predicted molar refractivity (Wildman–Crippen MR) is 124 cm³/mol. The smallest absolute Gasteiger partial charge is 0.413 e. The summed E-state index contributed by atoms with van der Waals surface area (Å²) in [5.41, 5.74) is -0.603. The van der Waals surface area contributed by atoms with Gasteiger partial charge in [0.15, 0.2) is 19.7 Å². The number of thiocarbonyl (C=S) groups is 1. The number of hydrogen-bond acceptors (Lipinski definition) is 6. The van der Waals surface area contributed by atoms with Crippen LogP contribution in [0.2, 0.25) is 18.1 Å². The largest absolute Gasteiger partial charge is 0.444 e. The van der Waals surface area contributed by atoms with Crippen LogP contribution >= 0.6 is 12.2 Å². The minimum Gasteiger partial charge on any atom is -0.444 e. The van der Waals surface area contributed by atoms with Gasteiger partial charge in [0, 0.05) is 13.2 Å². The van der Waals surface area contributed by atoms with Gasteiger partial charge in [0.1, 0.15) is 11.7 Å². The minimum absolute atomic E-state index is 0.0171. The third-order valence-corrected chi connectivity index (χ3v) is 9.33. The van der Waals surface area contributed by atoms with E-state index < -0.39 is 32.4 Å². The lowest BCUT2D eigenvalue weighted by Crippen LogP contribution is -2.57. The van der Waals surface area contributed by atoms with E-state index in [4.69, 9.17) is 30.9 Å². The molecule has 0 aromatic rings. The zero-order chi connectivity index (χ0) is 23.0. The third kappa shape index (κ3) is 10.7. The van der Waals surface area contributed by atoms with Crippen molar-refractivity contribution in [2.24, 2.45) is 0 Å². The Morgan fingerprint density at radius 1 is 1.03 bits per heavy atom. The lowest BCUT2D eigenvalue weighted by Gasteiger charge is -2.43. The predicted octanol–water partition coefficient (Wildman–Crippen LogP) is 4.56. The van der Waals surface area contributed by atoms with E-state index in [0.717, 1.165) is 0 Å². The summed E-state index contributed by atoms with van der Waals surface area (Å²) >= 11 is 5.30. The molecule has 0 aliphatic carbocycles. The maximum atomic E-state index is 12.0. The van der Waals surface area contributed by atoms with E-state index in [-0.39, 0.29) is 16.2 Å². The first-order valence-corrected chi connectivity index (χ1v) is 13.6. The zero-order valence-electron chi connectivity index (χ0n) is 20.1. The topological polar surface area (TPSA) is 78.0 Å². The van der Waals surface area contributed by atoms with Crippen molar-refractivity contribution in [3.63, 3.8) is 0 Å². The van der Waals surface area contributed by atoms with E-state index in [1.54, 1.807) is 20.8 Å². The summed E-state index contributed by atoms with van der Waals surface area (Å²) in [5, 5.41) is 5.86. The third-order valence-electron chi connectivity index (χ3n) is 4.63. The fourth-order valence-corrected chi connectivity index (χ4v) is 3.82. The number of amides is 1. The van der Waals surface area contributed by atoms with Crippen LogP contribution in [0.25, 0.3) is 0 Å². The Hall–Kier alpha value is -0.743. The van der Waals surface area contributed by atoms with Crippen LogP contribution < -0.4 is 10.6 Å². The van der Waals surface area contributed by atoms with Crippen molar-refractivity contribution in [2.45, 2.75) is 104 Å². The number of carbonyl (C=O) groups is 1. The molecule has 0 saturated heterocycles. The molecule has 0 aromatic heterocycles. The molecule has 0 aliphatic heterocycles. The van der Waals surface area contributed by atoms with Crippen molar-refractivity contribution in [3.8, 4) is 0 Å². The van der Waals surface area contributed by atoms with E-state index in [1.165, 1.54) is 0 Å². The Morgan fingerprint density at radius 3 is 1.90 bits per heavy atom. The highest BCUT2D eigenvalue weighted by molar-refractivity contribution is 7.80. The van der Waals surface area contributed by atoms with Gasteiger partial charge in [0.25, 0.3) is 0 Å². The van der Waals surface area contributed by atoms with E-state index in [2.05, 4.69) is 44.5 Å². The molecule has 172 valence electrons. The fraction of sp³-hybridized carbons (Fsp3) is 0.900. The van der Waals surface area contributed by atoms with E-state index in [0.29, 0.717) is 13.2 Å². The summed E-state index contributed by atoms with van der Waals surface area (Å²) in [6.45, 7) is 23.0. The van der Waals surface area contributed by atoms with Crippen LogP contribution in [0.1, 0.15) is 62.3 Å². The van der Waals surface area contributed by atoms with Crippen LogP contribution in [0.15, 0.2) is 0 Å². The maximum absolute atomic E-state index is 12.0. The molecule has 2 atom stereocenters. The zero-order valence-corrected chi connectivity index (χ0v) is 21.9. The van der Waals surface area contributed by atoms with Crippen LogP contribution in [0.5, 0.6) is 0 Å². The van der Waals surface area contributed by atoms with Gasteiger partial charge >= 0.3 is 6.09 Å². The molecule has 0 unspecified atom stereocenters. The van der Waals surface area contributed by atoms with Crippen LogP contribution in [-0.2, 0) is 18.6 Å². The second-order valence-electron chi connectivity index (χ2n) is 9.51. The van der Waals surface area contributed by atoms with Crippen LogP contribution in [-0.4, -0.2) is 56.8 Å². The van der Waals surface area contributed by atoms with Gasteiger partial charge in [0.05, 0.1) is 6.04 Å². The Labute approximate surface area is 183 Å². The number of nitrogens with one attached hydrogen (secondary N) is 2. The van der Waals surface area contributed by atoms with Crippen molar-refractivity contribution in [2.75, 3.05) is 13.2 Å². The van der Waals surface area contributed by atoms with Gasteiger partial charge in [-0.1, -0.05) is 20.8 Å². The molecule has 0 heterocycles. The second kappa shape index (κ2) is 11.6. The molecule has 9 heteroatoms. The molecule has 0 bridgehead atoms. The van der Waals surface area contributed by atoms with Crippen molar-refractivity contribution in [3.05, 3.63) is 0 Å². The summed E-state index contributed by atoms with van der Waals surface area (Å²) in [6.07, 6.45) is -1.56. The number of rotatable bonds is 9. The molecule has 0 rings (SSSR count). The van der Waals surface area contributed by atoms with Gasteiger partial charge in [-0.15, -0.1) is 0 Å². The average molecular weight is 451 g/mol. The molecule has 0 fully saturated rings. The molecule has 0 saturated carbocycles. The van der Waals surface area contributed by atoms with Crippen molar-refractivity contribution in [1.82, 2.24) is 10.6 Å². The summed E-state index contributed by atoms with van der Waals surface area (Å²) in [6, 6.07) is -0.269. The number of ether oxygens (including phenoxy) is 3. The Bertz CT molecular complexity index is 526. The monoisotopic (exact) mass is 450 g/mol. The van der Waals surface area contributed by atoms with Gasteiger partial charge in [0.2, 0.25) is 0 Å². The molecule has 1 amide bonds. The van der Waals surface area contributed by atoms with Crippen LogP contribution in [0.3, 0.4) is 0 Å². The summed E-state index contributed by atoms with van der Waals surface area (Å²) < 4.78 is 23.6. The summed E-state index contributed by atoms with van der Waals surface area (Å²) in [7, 11) is -2.12. The Morgan fingerprint density at radius 2 is 1.52 bits per heavy atom. The number of hydrogen-bond donors (Lipinski definition) is 2. The van der Waals surface area contributed by atoms with Crippen molar-refractivity contribution >= 4 is 31.7 Å². The van der Waals surface area contributed by atoms with Gasteiger partial charge in [-0.05, 0) is 71.9 Å². The first kappa shape index (κ1) is 28.3. The standard InChI is InChI=1S/C20H42N2O5SSi/c1-12-24-16(25-13-2)15(27-29(10,11)20(7,8)9)14(3)21-17(28)22-18(23)26-19(4,5)6/h14-16H,12-13H2,1-11H3,(H2,21,22,23,28)/t14-,15-/m1/s1. The minimum atomic E-state index is -2.12. The van der Waals surface area contributed by atoms with Gasteiger partial charge in [-0.25, -0.2) is 4.79 Å². The lowest BCUT2D eigenvalue weighted by molar-refractivity contribution is -0.190. The Balaban J connectivity index is 5.38. The van der Waals surface area contributed by atoms with Crippen molar-refractivity contribution < 1.29 is 23.4 Å². The van der Waals surface area contributed by atoms with E-state index in [9.17, 15) is 4.79 Å². The van der Waals surface area contributed by atoms with Gasteiger partial charge in [-0.3, -0.25) is 5.32 Å². The van der Waals surface area contributed by atoms with E-state index in [1.807, 2.05) is 20.8 Å². The lowest BCUT2D eigenvalue weighted by atomic mass is 10.2. The number of alkyl carbamates (subject to hydrolysis) is 1. The Kier molecular flexibility index (Phi) is 11.3. The highest BCUT2D eigenvalue weighted by atomic mass is 32.1. The van der Waals surface area contributed by atoms with Crippen molar-refractivity contribution in [1.29, 1.82) is 0 Å². The quantitative estimate of drug-likeness (QED) is 0.303. The average Bonchev–Trinajstić information content (AvgIpc) is 2.49. The second-order valence-corrected chi connectivity index (χ2v) is 14.7. The molecule has 29 heavy (non-hydrogen) atoms. The highest BCUT2D eigenvalue weighted by Gasteiger charge is 2.43. The molecule has 0 spiro atoms. The maximum Gasteiger partial charge on any atom is 0.413 e. The van der Waals surface area contributed by atoms with Crippen LogP contribution in [0.4, 0.5) is 4.79 Å². The highest BCUT2D eigenvalue weighted by Crippen LogP contribution is 2.38. The summed E-state index contributed by atoms with van der Waals surface area (Å²) in [4.78, 5) is 12.0. The molecule has 0 radical (unpaired) electrons. The first-order chi connectivity index (χ1) is 13.0. The number of carbonyl (C=O) groups excluding carboxylic acids is 1. The molecular formula is C20H42N2O5SSi.